The second-order valence-corrected chi connectivity index (χ2v) is 5.67. The highest BCUT2D eigenvalue weighted by Gasteiger charge is 2.18. The van der Waals surface area contributed by atoms with E-state index in [-0.39, 0.29) is 23.0 Å². The predicted molar refractivity (Wildman–Crippen MR) is 84.1 cm³/mol. The molecule has 0 saturated carbocycles. The number of carbonyl (C=O) groups is 2. The molecule has 7 nitrogen and oxygen atoms in total. The first-order valence-corrected chi connectivity index (χ1v) is 7.46. The van der Waals surface area contributed by atoms with Crippen molar-refractivity contribution in [2.45, 2.75) is 0 Å². The van der Waals surface area contributed by atoms with Gasteiger partial charge in [-0.15, -0.1) is 0 Å². The normalized spacial score (nSPS) is 19.0. The Hall–Kier alpha value is -2.12. The lowest BCUT2D eigenvalue weighted by atomic mass is 10.1. The molecule has 0 aliphatic carbocycles. The van der Waals surface area contributed by atoms with Gasteiger partial charge in [0.25, 0.3) is 5.91 Å². The van der Waals surface area contributed by atoms with Crippen molar-refractivity contribution < 1.29 is 24.2 Å². The summed E-state index contributed by atoms with van der Waals surface area (Å²) in [6, 6.07) is 4.25. The Morgan fingerprint density at radius 3 is 2.83 bits per heavy atom. The van der Waals surface area contributed by atoms with Gasteiger partial charge in [-0.25, -0.2) is 4.79 Å². The van der Waals surface area contributed by atoms with E-state index in [4.69, 9.17) is 14.6 Å². The highest BCUT2D eigenvalue weighted by Crippen LogP contribution is 2.17. The van der Waals surface area contributed by atoms with E-state index in [1.54, 1.807) is 0 Å². The molecular weight excluding hydrogens is 300 g/mol. The number of likely N-dealkylation sites (N-methyl/N-ethyl adjacent to an activating group) is 1. The minimum absolute atomic E-state index is 0.0204. The second kappa shape index (κ2) is 7.94. The van der Waals surface area contributed by atoms with Crippen molar-refractivity contribution in [1.82, 2.24) is 10.2 Å². The van der Waals surface area contributed by atoms with E-state index in [9.17, 15) is 9.59 Å². The van der Waals surface area contributed by atoms with Gasteiger partial charge in [0.15, 0.2) is 0 Å². The average molecular weight is 322 g/mol. The highest BCUT2D eigenvalue weighted by molar-refractivity contribution is 5.98. The maximum absolute atomic E-state index is 12.3. The first-order chi connectivity index (χ1) is 11.0. The molecule has 1 amide bonds. The van der Waals surface area contributed by atoms with Crippen LogP contribution in [0.4, 0.5) is 0 Å². The second-order valence-electron chi connectivity index (χ2n) is 5.67. The largest absolute Gasteiger partial charge is 0.497 e. The van der Waals surface area contributed by atoms with Crippen molar-refractivity contribution in [2.24, 2.45) is 5.92 Å². The number of rotatable bonds is 5. The monoisotopic (exact) mass is 322 g/mol. The minimum atomic E-state index is -1.10. The Morgan fingerprint density at radius 1 is 1.39 bits per heavy atom. The van der Waals surface area contributed by atoms with E-state index in [2.05, 4.69) is 10.2 Å². The maximum atomic E-state index is 12.3. The van der Waals surface area contributed by atoms with Gasteiger partial charge in [-0.05, 0) is 25.2 Å². The molecule has 1 aromatic carbocycles. The first-order valence-electron chi connectivity index (χ1n) is 7.46. The third-order valence-electron chi connectivity index (χ3n) is 3.74. The van der Waals surface area contributed by atoms with E-state index in [1.807, 2.05) is 7.05 Å². The smallest absolute Gasteiger partial charge is 0.335 e. The van der Waals surface area contributed by atoms with Crippen molar-refractivity contribution in [1.29, 1.82) is 0 Å². The standard InChI is InChI=1S/C16H22N2O5/c1-18-3-4-23-10-11(9-18)8-17-15(19)12-5-13(16(20)21)7-14(6-12)22-2/h5-7,11H,3-4,8-10H2,1-2H3,(H,17,19)(H,20,21)/t11-/m0/s1. The molecule has 23 heavy (non-hydrogen) atoms. The molecule has 0 unspecified atom stereocenters. The topological polar surface area (TPSA) is 88.1 Å². The molecule has 1 heterocycles. The zero-order valence-corrected chi connectivity index (χ0v) is 13.4. The van der Waals surface area contributed by atoms with E-state index in [0.29, 0.717) is 25.5 Å². The minimum Gasteiger partial charge on any atom is -0.497 e. The van der Waals surface area contributed by atoms with Gasteiger partial charge in [-0.2, -0.15) is 0 Å². The van der Waals surface area contributed by atoms with Crippen LogP contribution in [0.3, 0.4) is 0 Å². The molecule has 1 atom stereocenters. The summed E-state index contributed by atoms with van der Waals surface area (Å²) >= 11 is 0. The van der Waals surface area contributed by atoms with Crippen LogP contribution < -0.4 is 10.1 Å². The van der Waals surface area contributed by atoms with Crippen LogP contribution in [-0.2, 0) is 4.74 Å². The zero-order chi connectivity index (χ0) is 16.8. The molecule has 1 aromatic rings. The van der Waals surface area contributed by atoms with E-state index in [1.165, 1.54) is 25.3 Å². The summed E-state index contributed by atoms with van der Waals surface area (Å²) in [6.07, 6.45) is 0. The SMILES string of the molecule is COc1cc(C(=O)O)cc(C(=O)NC[C@@H]2COCCN(C)C2)c1. The number of benzene rings is 1. The first kappa shape index (κ1) is 17.2. The van der Waals surface area contributed by atoms with Crippen molar-refractivity contribution in [3.05, 3.63) is 29.3 Å². The summed E-state index contributed by atoms with van der Waals surface area (Å²) in [5.41, 5.74) is 0.289. The molecule has 2 rings (SSSR count). The molecule has 126 valence electrons. The van der Waals surface area contributed by atoms with E-state index >= 15 is 0 Å². The number of carbonyl (C=O) groups excluding carboxylic acids is 1. The summed E-state index contributed by atoms with van der Waals surface area (Å²) < 4.78 is 10.6. The van der Waals surface area contributed by atoms with Crippen LogP contribution in [0.2, 0.25) is 0 Å². The lowest BCUT2D eigenvalue weighted by Gasteiger charge is -2.19. The molecular formula is C16H22N2O5. The fourth-order valence-corrected chi connectivity index (χ4v) is 2.49. The van der Waals surface area contributed by atoms with Gasteiger partial charge in [0.1, 0.15) is 5.75 Å². The predicted octanol–water partition coefficient (Wildman–Crippen LogP) is 0.701. The van der Waals surface area contributed by atoms with Crippen LogP contribution in [0.5, 0.6) is 5.75 Å². The molecule has 7 heteroatoms. The lowest BCUT2D eigenvalue weighted by Crippen LogP contribution is -2.35. The number of amides is 1. The quantitative estimate of drug-likeness (QED) is 0.830. The fourth-order valence-electron chi connectivity index (χ4n) is 2.49. The van der Waals surface area contributed by atoms with Crippen molar-refractivity contribution in [3.8, 4) is 5.75 Å². The van der Waals surface area contributed by atoms with Crippen LogP contribution >= 0.6 is 0 Å². The fraction of sp³-hybridized carbons (Fsp3) is 0.500. The number of nitrogens with zero attached hydrogens (tertiary/aromatic N) is 1. The van der Waals surface area contributed by atoms with E-state index in [0.717, 1.165) is 13.1 Å². The number of nitrogens with one attached hydrogen (secondary N) is 1. The van der Waals surface area contributed by atoms with Gasteiger partial charge in [0.2, 0.25) is 0 Å². The third kappa shape index (κ3) is 4.94. The summed E-state index contributed by atoms with van der Waals surface area (Å²) in [6.45, 7) is 3.49. The number of hydrogen-bond donors (Lipinski definition) is 2. The van der Waals surface area contributed by atoms with Gasteiger partial charge in [0, 0.05) is 31.1 Å². The number of carboxylic acids is 1. The van der Waals surface area contributed by atoms with Crippen molar-refractivity contribution in [3.63, 3.8) is 0 Å². The van der Waals surface area contributed by atoms with Crippen LogP contribution in [0, 0.1) is 5.92 Å². The average Bonchev–Trinajstić information content (AvgIpc) is 2.76. The molecule has 0 radical (unpaired) electrons. The Balaban J connectivity index is 2.02. The molecule has 0 aromatic heterocycles. The van der Waals surface area contributed by atoms with Crippen molar-refractivity contribution in [2.75, 3.05) is 47.0 Å². The van der Waals surface area contributed by atoms with Crippen LogP contribution in [0.1, 0.15) is 20.7 Å². The third-order valence-corrected chi connectivity index (χ3v) is 3.74. The number of ether oxygens (including phenoxy) is 2. The summed E-state index contributed by atoms with van der Waals surface area (Å²) in [7, 11) is 3.45. The van der Waals surface area contributed by atoms with E-state index < -0.39 is 5.97 Å². The number of hydrogen-bond acceptors (Lipinski definition) is 5. The molecule has 2 N–H and O–H groups in total. The molecule has 0 spiro atoms. The molecule has 0 bridgehead atoms. The highest BCUT2D eigenvalue weighted by atomic mass is 16.5. The van der Waals surface area contributed by atoms with Gasteiger partial charge < -0.3 is 24.8 Å². The molecule has 1 aliphatic heterocycles. The lowest BCUT2D eigenvalue weighted by molar-refractivity contribution is 0.0696. The summed E-state index contributed by atoms with van der Waals surface area (Å²) in [5, 5.41) is 11.9. The van der Waals surface area contributed by atoms with Gasteiger partial charge in [0.05, 0.1) is 25.9 Å². The molecule has 1 fully saturated rings. The number of methoxy groups -OCH3 is 1. The zero-order valence-electron chi connectivity index (χ0n) is 13.4. The Morgan fingerprint density at radius 2 is 2.13 bits per heavy atom. The number of aromatic carboxylic acids is 1. The van der Waals surface area contributed by atoms with Gasteiger partial charge in [-0.1, -0.05) is 0 Å². The van der Waals surface area contributed by atoms with Gasteiger partial charge >= 0.3 is 5.97 Å². The van der Waals surface area contributed by atoms with Gasteiger partial charge in [-0.3, -0.25) is 4.79 Å². The van der Waals surface area contributed by atoms with Crippen LogP contribution in [0.25, 0.3) is 0 Å². The molecule has 1 saturated heterocycles. The molecule has 1 aliphatic rings. The van der Waals surface area contributed by atoms with Crippen LogP contribution in [0.15, 0.2) is 18.2 Å². The Kier molecular flexibility index (Phi) is 5.95. The maximum Gasteiger partial charge on any atom is 0.335 e. The Labute approximate surface area is 135 Å². The number of carboxylic acid groups (broad SMARTS) is 1. The Bertz CT molecular complexity index is 576. The van der Waals surface area contributed by atoms with Crippen LogP contribution in [-0.4, -0.2) is 68.9 Å². The summed E-state index contributed by atoms with van der Waals surface area (Å²) in [4.78, 5) is 25.6. The van der Waals surface area contributed by atoms with Crippen molar-refractivity contribution >= 4 is 11.9 Å². The summed E-state index contributed by atoms with van der Waals surface area (Å²) in [5.74, 6) is -0.876.